The highest BCUT2D eigenvalue weighted by Crippen LogP contribution is 2.23. The van der Waals surface area contributed by atoms with Gasteiger partial charge in [-0.05, 0) is 11.6 Å². The van der Waals surface area contributed by atoms with Crippen molar-refractivity contribution in [2.75, 3.05) is 19.0 Å². The molecule has 0 unspecified atom stereocenters. The molecule has 1 nitrogen and oxygen atoms in total. The SMILES string of the molecule is C=Cc1cccc(N(C)C)c1C=C. The summed E-state index contributed by atoms with van der Waals surface area (Å²) in [6.07, 6.45) is 3.72. The van der Waals surface area contributed by atoms with Crippen LogP contribution in [0.15, 0.2) is 31.4 Å². The smallest absolute Gasteiger partial charge is 0.0440 e. The minimum Gasteiger partial charge on any atom is -0.377 e. The van der Waals surface area contributed by atoms with Crippen molar-refractivity contribution in [2.45, 2.75) is 0 Å². The fraction of sp³-hybridized carbons (Fsp3) is 0.167. The molecule has 0 aliphatic heterocycles. The topological polar surface area (TPSA) is 3.24 Å². The monoisotopic (exact) mass is 173 g/mol. The summed E-state index contributed by atoms with van der Waals surface area (Å²) in [4.78, 5) is 2.07. The van der Waals surface area contributed by atoms with Crippen LogP contribution in [0, 0.1) is 0 Å². The van der Waals surface area contributed by atoms with E-state index in [9.17, 15) is 0 Å². The van der Waals surface area contributed by atoms with E-state index in [-0.39, 0.29) is 0 Å². The number of hydrogen-bond donors (Lipinski definition) is 0. The van der Waals surface area contributed by atoms with Gasteiger partial charge in [0.15, 0.2) is 0 Å². The van der Waals surface area contributed by atoms with Crippen LogP contribution >= 0.6 is 0 Å². The summed E-state index contributed by atoms with van der Waals surface area (Å²) in [6, 6.07) is 6.14. The van der Waals surface area contributed by atoms with Crippen LogP contribution in [-0.4, -0.2) is 14.1 Å². The Bertz CT molecular complexity index is 324. The molecule has 0 heterocycles. The van der Waals surface area contributed by atoms with Crippen LogP contribution in [0.25, 0.3) is 12.2 Å². The van der Waals surface area contributed by atoms with Gasteiger partial charge in [0, 0.05) is 25.3 Å². The molecule has 13 heavy (non-hydrogen) atoms. The first-order valence-corrected chi connectivity index (χ1v) is 4.26. The number of rotatable bonds is 3. The molecule has 0 N–H and O–H groups in total. The zero-order valence-electron chi connectivity index (χ0n) is 8.25. The molecular formula is C12H15N. The lowest BCUT2D eigenvalue weighted by Crippen LogP contribution is -2.10. The van der Waals surface area contributed by atoms with E-state index < -0.39 is 0 Å². The normalized spacial score (nSPS) is 9.38. The van der Waals surface area contributed by atoms with Gasteiger partial charge in [0.1, 0.15) is 0 Å². The largest absolute Gasteiger partial charge is 0.377 e. The molecule has 0 fully saturated rings. The van der Waals surface area contributed by atoms with Gasteiger partial charge in [-0.25, -0.2) is 0 Å². The van der Waals surface area contributed by atoms with E-state index in [0.29, 0.717) is 0 Å². The Morgan fingerprint density at radius 2 is 1.85 bits per heavy atom. The van der Waals surface area contributed by atoms with E-state index in [2.05, 4.69) is 24.1 Å². The van der Waals surface area contributed by atoms with Crippen LogP contribution in [0.3, 0.4) is 0 Å². The maximum absolute atomic E-state index is 3.81. The summed E-state index contributed by atoms with van der Waals surface area (Å²) in [5.74, 6) is 0. The highest BCUT2D eigenvalue weighted by atomic mass is 15.1. The third-order valence-corrected chi connectivity index (χ3v) is 2.02. The molecule has 1 rings (SSSR count). The quantitative estimate of drug-likeness (QED) is 0.679. The second-order valence-electron chi connectivity index (χ2n) is 3.08. The van der Waals surface area contributed by atoms with E-state index in [1.807, 2.05) is 38.4 Å². The highest BCUT2D eigenvalue weighted by molar-refractivity contribution is 5.75. The first-order valence-electron chi connectivity index (χ1n) is 4.26. The van der Waals surface area contributed by atoms with Crippen molar-refractivity contribution < 1.29 is 0 Å². The average molecular weight is 173 g/mol. The molecule has 0 aromatic heterocycles. The maximum Gasteiger partial charge on any atom is 0.0440 e. The van der Waals surface area contributed by atoms with Crippen LogP contribution in [0.2, 0.25) is 0 Å². The Morgan fingerprint density at radius 3 is 2.31 bits per heavy atom. The summed E-state index contributed by atoms with van der Waals surface area (Å²) >= 11 is 0. The number of anilines is 1. The molecule has 0 atom stereocenters. The Hall–Kier alpha value is -1.50. The third-order valence-electron chi connectivity index (χ3n) is 2.02. The Labute approximate surface area is 80.0 Å². The van der Waals surface area contributed by atoms with Crippen LogP contribution in [-0.2, 0) is 0 Å². The van der Waals surface area contributed by atoms with Crippen molar-refractivity contribution in [3.05, 3.63) is 42.5 Å². The van der Waals surface area contributed by atoms with Gasteiger partial charge in [-0.1, -0.05) is 37.4 Å². The lowest BCUT2D eigenvalue weighted by Gasteiger charge is -2.17. The molecular weight excluding hydrogens is 158 g/mol. The lowest BCUT2D eigenvalue weighted by atomic mass is 10.0. The molecule has 0 aliphatic rings. The molecule has 0 spiro atoms. The minimum atomic E-state index is 1.13. The standard InChI is InChI=1S/C12H15N/c1-5-10-8-7-9-12(13(3)4)11(10)6-2/h5-9H,1-2H2,3-4H3. The van der Waals surface area contributed by atoms with Crippen LogP contribution in [0.5, 0.6) is 0 Å². The van der Waals surface area contributed by atoms with E-state index in [1.54, 1.807) is 0 Å². The van der Waals surface area contributed by atoms with Gasteiger partial charge in [-0.3, -0.25) is 0 Å². The lowest BCUT2D eigenvalue weighted by molar-refractivity contribution is 1.13. The number of hydrogen-bond acceptors (Lipinski definition) is 1. The van der Waals surface area contributed by atoms with Gasteiger partial charge in [0.2, 0.25) is 0 Å². The second-order valence-corrected chi connectivity index (χ2v) is 3.08. The molecule has 68 valence electrons. The molecule has 1 aromatic carbocycles. The fourth-order valence-corrected chi connectivity index (χ4v) is 1.36. The number of benzene rings is 1. The van der Waals surface area contributed by atoms with Crippen molar-refractivity contribution in [1.29, 1.82) is 0 Å². The molecule has 0 amide bonds. The first kappa shape index (κ1) is 9.59. The first-order chi connectivity index (χ1) is 6.20. The minimum absolute atomic E-state index is 1.13. The van der Waals surface area contributed by atoms with Gasteiger partial charge >= 0.3 is 0 Å². The summed E-state index contributed by atoms with van der Waals surface area (Å²) in [5, 5.41) is 0. The van der Waals surface area contributed by atoms with Crippen molar-refractivity contribution in [3.63, 3.8) is 0 Å². The highest BCUT2D eigenvalue weighted by Gasteiger charge is 2.03. The summed E-state index contributed by atoms with van der Waals surface area (Å²) in [6.45, 7) is 7.58. The fourth-order valence-electron chi connectivity index (χ4n) is 1.36. The van der Waals surface area contributed by atoms with E-state index in [4.69, 9.17) is 0 Å². The van der Waals surface area contributed by atoms with Gasteiger partial charge in [0.25, 0.3) is 0 Å². The maximum atomic E-state index is 3.81. The number of nitrogens with zero attached hydrogens (tertiary/aromatic N) is 1. The zero-order valence-corrected chi connectivity index (χ0v) is 8.25. The molecule has 1 heteroatoms. The van der Waals surface area contributed by atoms with E-state index >= 15 is 0 Å². The van der Waals surface area contributed by atoms with E-state index in [1.165, 1.54) is 5.69 Å². The van der Waals surface area contributed by atoms with Crippen molar-refractivity contribution in [2.24, 2.45) is 0 Å². The van der Waals surface area contributed by atoms with Gasteiger partial charge in [-0.15, -0.1) is 0 Å². The molecule has 0 aliphatic carbocycles. The molecule has 0 radical (unpaired) electrons. The van der Waals surface area contributed by atoms with Crippen molar-refractivity contribution >= 4 is 17.8 Å². The molecule has 0 bridgehead atoms. The van der Waals surface area contributed by atoms with Gasteiger partial charge < -0.3 is 4.90 Å². The van der Waals surface area contributed by atoms with Gasteiger partial charge in [-0.2, -0.15) is 0 Å². The second kappa shape index (κ2) is 3.94. The predicted octanol–water partition coefficient (Wildman–Crippen LogP) is 3.04. The third kappa shape index (κ3) is 1.81. The van der Waals surface area contributed by atoms with Crippen molar-refractivity contribution in [1.82, 2.24) is 0 Å². The average Bonchev–Trinajstić information content (AvgIpc) is 2.16. The van der Waals surface area contributed by atoms with Crippen LogP contribution < -0.4 is 4.90 Å². The molecule has 0 saturated carbocycles. The molecule has 0 saturated heterocycles. The van der Waals surface area contributed by atoms with Crippen molar-refractivity contribution in [3.8, 4) is 0 Å². The molecule has 1 aromatic rings. The predicted molar refractivity (Wildman–Crippen MR) is 61.0 cm³/mol. The van der Waals surface area contributed by atoms with Crippen LogP contribution in [0.4, 0.5) is 5.69 Å². The van der Waals surface area contributed by atoms with Crippen LogP contribution in [0.1, 0.15) is 11.1 Å². The van der Waals surface area contributed by atoms with E-state index in [0.717, 1.165) is 11.1 Å². The summed E-state index contributed by atoms with van der Waals surface area (Å²) < 4.78 is 0. The Balaban J connectivity index is 3.35. The summed E-state index contributed by atoms with van der Waals surface area (Å²) in [5.41, 5.74) is 3.44. The zero-order chi connectivity index (χ0) is 9.84. The summed E-state index contributed by atoms with van der Waals surface area (Å²) in [7, 11) is 4.05. The Morgan fingerprint density at radius 1 is 1.15 bits per heavy atom. The van der Waals surface area contributed by atoms with Gasteiger partial charge in [0.05, 0.1) is 0 Å². The Kier molecular flexibility index (Phi) is 2.91.